The van der Waals surface area contributed by atoms with Crippen LogP contribution in [-0.4, -0.2) is 32.4 Å². The Bertz CT molecular complexity index is 562. The van der Waals surface area contributed by atoms with Gasteiger partial charge in [-0.2, -0.15) is 5.10 Å². The van der Waals surface area contributed by atoms with Gasteiger partial charge in [0.2, 0.25) is 0 Å². The molecule has 0 aliphatic carbocycles. The summed E-state index contributed by atoms with van der Waals surface area (Å²) >= 11 is 0. The van der Waals surface area contributed by atoms with Crippen molar-refractivity contribution in [2.45, 2.75) is 13.3 Å². The molecule has 0 unspecified atom stereocenters. The number of aliphatic carboxylic acids is 1. The van der Waals surface area contributed by atoms with Gasteiger partial charge in [0, 0.05) is 25.5 Å². The summed E-state index contributed by atoms with van der Waals surface area (Å²) in [5, 5.41) is 16.9. The van der Waals surface area contributed by atoms with Gasteiger partial charge in [0.1, 0.15) is 0 Å². The van der Waals surface area contributed by atoms with Crippen molar-refractivity contribution in [3.8, 4) is 0 Å². The Labute approximate surface area is 98.3 Å². The first-order valence-corrected chi connectivity index (χ1v) is 5.33. The van der Waals surface area contributed by atoms with Crippen LogP contribution in [0.5, 0.6) is 0 Å². The molecular formula is C11H14N4O2. The Balaban J connectivity index is 2.31. The highest BCUT2D eigenvalue weighted by atomic mass is 16.4. The van der Waals surface area contributed by atoms with Crippen molar-refractivity contribution in [2.24, 2.45) is 7.05 Å². The number of carboxylic acids is 1. The standard InChI is InChI=1S/C11H14N4O2/c1-7-10-8(12-6-4-9(16)17)3-5-13-11(10)15(2)14-7/h3,5H,4,6H2,1-2H3,(H,12,13)(H,16,17). The number of hydrogen-bond acceptors (Lipinski definition) is 4. The monoisotopic (exact) mass is 234 g/mol. The van der Waals surface area contributed by atoms with Gasteiger partial charge in [-0.05, 0) is 13.0 Å². The zero-order chi connectivity index (χ0) is 12.4. The predicted octanol–water partition coefficient (Wildman–Crippen LogP) is 1.16. The molecule has 0 aromatic carbocycles. The number of pyridine rings is 1. The van der Waals surface area contributed by atoms with Gasteiger partial charge < -0.3 is 10.4 Å². The van der Waals surface area contributed by atoms with Gasteiger partial charge in [-0.25, -0.2) is 4.98 Å². The van der Waals surface area contributed by atoms with E-state index in [0.717, 1.165) is 22.4 Å². The second-order valence-corrected chi connectivity index (χ2v) is 3.84. The van der Waals surface area contributed by atoms with Gasteiger partial charge in [-0.15, -0.1) is 0 Å². The van der Waals surface area contributed by atoms with Crippen LogP contribution >= 0.6 is 0 Å². The van der Waals surface area contributed by atoms with E-state index in [-0.39, 0.29) is 6.42 Å². The SMILES string of the molecule is Cc1nn(C)c2nccc(NCCC(=O)O)c12. The zero-order valence-electron chi connectivity index (χ0n) is 9.77. The summed E-state index contributed by atoms with van der Waals surface area (Å²) in [5.41, 5.74) is 2.55. The van der Waals surface area contributed by atoms with Crippen LogP contribution in [0.25, 0.3) is 11.0 Å². The zero-order valence-corrected chi connectivity index (χ0v) is 9.77. The quantitative estimate of drug-likeness (QED) is 0.829. The molecule has 6 nitrogen and oxygen atoms in total. The number of hydrogen-bond donors (Lipinski definition) is 2. The summed E-state index contributed by atoms with van der Waals surface area (Å²) in [6.45, 7) is 2.30. The van der Waals surface area contributed by atoms with E-state index in [0.29, 0.717) is 6.54 Å². The fourth-order valence-electron chi connectivity index (χ4n) is 1.83. The van der Waals surface area contributed by atoms with E-state index >= 15 is 0 Å². The second-order valence-electron chi connectivity index (χ2n) is 3.84. The number of nitrogens with one attached hydrogen (secondary N) is 1. The van der Waals surface area contributed by atoms with Gasteiger partial charge in [0.05, 0.1) is 17.5 Å². The third-order valence-electron chi connectivity index (χ3n) is 2.55. The molecule has 2 aromatic rings. The highest BCUT2D eigenvalue weighted by Gasteiger charge is 2.10. The maximum Gasteiger partial charge on any atom is 0.305 e. The lowest BCUT2D eigenvalue weighted by atomic mass is 10.2. The van der Waals surface area contributed by atoms with Crippen LogP contribution in [0, 0.1) is 6.92 Å². The van der Waals surface area contributed by atoms with E-state index in [4.69, 9.17) is 5.11 Å². The molecule has 2 aromatic heterocycles. The molecule has 0 aliphatic rings. The molecule has 0 fully saturated rings. The van der Waals surface area contributed by atoms with Gasteiger partial charge in [-0.3, -0.25) is 9.48 Å². The van der Waals surface area contributed by atoms with Crippen molar-refractivity contribution >= 4 is 22.7 Å². The average molecular weight is 234 g/mol. The van der Waals surface area contributed by atoms with Crippen molar-refractivity contribution in [1.82, 2.24) is 14.8 Å². The van der Waals surface area contributed by atoms with Crippen LogP contribution < -0.4 is 5.32 Å². The van der Waals surface area contributed by atoms with E-state index in [1.54, 1.807) is 10.9 Å². The molecule has 0 atom stereocenters. The minimum atomic E-state index is -0.814. The molecule has 2 N–H and O–H groups in total. The summed E-state index contributed by atoms with van der Waals surface area (Å²) in [6.07, 6.45) is 1.77. The predicted molar refractivity (Wildman–Crippen MR) is 64.0 cm³/mol. The van der Waals surface area contributed by atoms with Crippen molar-refractivity contribution in [3.05, 3.63) is 18.0 Å². The largest absolute Gasteiger partial charge is 0.481 e. The van der Waals surface area contributed by atoms with E-state index < -0.39 is 5.97 Å². The van der Waals surface area contributed by atoms with Crippen LogP contribution in [-0.2, 0) is 11.8 Å². The number of rotatable bonds is 4. The Morgan fingerprint density at radius 1 is 1.59 bits per heavy atom. The first-order chi connectivity index (χ1) is 8.09. The Morgan fingerprint density at radius 2 is 2.35 bits per heavy atom. The van der Waals surface area contributed by atoms with Crippen LogP contribution in [0.1, 0.15) is 12.1 Å². The minimum Gasteiger partial charge on any atom is -0.481 e. The maximum absolute atomic E-state index is 10.5. The lowest BCUT2D eigenvalue weighted by molar-refractivity contribution is -0.136. The Morgan fingerprint density at radius 3 is 3.06 bits per heavy atom. The number of fused-ring (bicyclic) bond motifs is 1. The molecule has 0 bridgehead atoms. The van der Waals surface area contributed by atoms with Gasteiger partial charge in [-0.1, -0.05) is 0 Å². The number of nitrogens with zero attached hydrogens (tertiary/aromatic N) is 3. The topological polar surface area (TPSA) is 80.0 Å². The van der Waals surface area contributed by atoms with E-state index in [1.807, 2.05) is 20.0 Å². The summed E-state index contributed by atoms with van der Waals surface area (Å²) in [6, 6.07) is 1.83. The molecule has 17 heavy (non-hydrogen) atoms. The van der Waals surface area contributed by atoms with E-state index in [1.165, 1.54) is 0 Å². The molecular weight excluding hydrogens is 220 g/mol. The van der Waals surface area contributed by atoms with E-state index in [9.17, 15) is 4.79 Å². The van der Waals surface area contributed by atoms with Crippen LogP contribution in [0.4, 0.5) is 5.69 Å². The summed E-state index contributed by atoms with van der Waals surface area (Å²) in [5.74, 6) is -0.814. The first-order valence-electron chi connectivity index (χ1n) is 5.33. The third kappa shape index (κ3) is 2.20. The highest BCUT2D eigenvalue weighted by molar-refractivity contribution is 5.91. The third-order valence-corrected chi connectivity index (χ3v) is 2.55. The summed E-state index contributed by atoms with van der Waals surface area (Å²) in [4.78, 5) is 14.7. The van der Waals surface area contributed by atoms with Crippen LogP contribution in [0.2, 0.25) is 0 Å². The fraction of sp³-hybridized carbons (Fsp3) is 0.364. The van der Waals surface area contributed by atoms with Gasteiger partial charge in [0.25, 0.3) is 0 Å². The molecule has 0 spiro atoms. The first kappa shape index (κ1) is 11.4. The molecule has 2 heterocycles. The molecule has 2 rings (SSSR count). The van der Waals surface area contributed by atoms with Crippen molar-refractivity contribution in [3.63, 3.8) is 0 Å². The van der Waals surface area contributed by atoms with Crippen LogP contribution in [0.3, 0.4) is 0 Å². The number of anilines is 1. The summed E-state index contributed by atoms with van der Waals surface area (Å²) in [7, 11) is 1.84. The lowest BCUT2D eigenvalue weighted by Crippen LogP contribution is -2.07. The molecule has 90 valence electrons. The van der Waals surface area contributed by atoms with Gasteiger partial charge >= 0.3 is 5.97 Å². The van der Waals surface area contributed by atoms with Crippen LogP contribution in [0.15, 0.2) is 12.3 Å². The van der Waals surface area contributed by atoms with Crippen molar-refractivity contribution < 1.29 is 9.90 Å². The molecule has 0 amide bonds. The lowest BCUT2D eigenvalue weighted by Gasteiger charge is -2.06. The summed E-state index contributed by atoms with van der Waals surface area (Å²) < 4.78 is 1.72. The maximum atomic E-state index is 10.5. The highest BCUT2D eigenvalue weighted by Crippen LogP contribution is 2.23. The normalized spacial score (nSPS) is 10.7. The number of aromatic nitrogens is 3. The fourth-order valence-corrected chi connectivity index (χ4v) is 1.83. The number of carbonyl (C=O) groups is 1. The minimum absolute atomic E-state index is 0.0864. The van der Waals surface area contributed by atoms with Crippen molar-refractivity contribution in [1.29, 1.82) is 0 Å². The smallest absolute Gasteiger partial charge is 0.305 e. The molecule has 0 aliphatic heterocycles. The van der Waals surface area contributed by atoms with E-state index in [2.05, 4.69) is 15.4 Å². The number of carboxylic acid groups (broad SMARTS) is 1. The average Bonchev–Trinajstić information content (AvgIpc) is 2.55. The molecule has 6 heteroatoms. The Kier molecular flexibility index (Phi) is 2.95. The second kappa shape index (κ2) is 4.40. The number of aryl methyl sites for hydroxylation is 2. The molecule has 0 saturated heterocycles. The Hall–Kier alpha value is -2.11. The van der Waals surface area contributed by atoms with Crippen molar-refractivity contribution in [2.75, 3.05) is 11.9 Å². The molecule has 0 radical (unpaired) electrons. The van der Waals surface area contributed by atoms with Gasteiger partial charge in [0.15, 0.2) is 5.65 Å². The molecule has 0 saturated carbocycles.